The zero-order chi connectivity index (χ0) is 16.7. The monoisotopic (exact) mass is 312 g/mol. The Kier molecular flexibility index (Phi) is 6.18. The Morgan fingerprint density at radius 2 is 1.61 bits per heavy atom. The second-order valence-corrected chi connectivity index (χ2v) is 5.74. The van der Waals surface area contributed by atoms with Gasteiger partial charge in [0.15, 0.2) is 0 Å². The lowest BCUT2D eigenvalue weighted by molar-refractivity contribution is 0.236. The molecule has 0 atom stereocenters. The molecule has 2 amide bonds. The van der Waals surface area contributed by atoms with Crippen LogP contribution >= 0.6 is 0 Å². The van der Waals surface area contributed by atoms with Gasteiger partial charge < -0.3 is 15.7 Å². The molecular formula is C19H24N2O2. The maximum atomic E-state index is 12.1. The van der Waals surface area contributed by atoms with E-state index in [1.54, 1.807) is 0 Å². The second-order valence-electron chi connectivity index (χ2n) is 5.74. The molecule has 3 N–H and O–H groups in total. The summed E-state index contributed by atoms with van der Waals surface area (Å²) in [5, 5.41) is 14.6. The molecule has 0 aliphatic heterocycles. The van der Waals surface area contributed by atoms with Gasteiger partial charge in [-0.15, -0.1) is 0 Å². The lowest BCUT2D eigenvalue weighted by Crippen LogP contribution is -2.39. The zero-order valence-corrected chi connectivity index (χ0v) is 13.7. The van der Waals surface area contributed by atoms with E-state index in [1.165, 1.54) is 0 Å². The summed E-state index contributed by atoms with van der Waals surface area (Å²) in [7, 11) is 0. The summed E-state index contributed by atoms with van der Waals surface area (Å²) in [6.07, 6.45) is 0.549. The molecule has 4 nitrogen and oxygen atoms in total. The molecule has 23 heavy (non-hydrogen) atoms. The van der Waals surface area contributed by atoms with E-state index >= 15 is 0 Å². The van der Waals surface area contributed by atoms with Crippen LogP contribution in [-0.4, -0.2) is 24.3 Å². The number of carbonyl (C=O) groups excluding carboxylic acids is 1. The number of rotatable bonds is 6. The molecule has 0 fully saturated rings. The van der Waals surface area contributed by atoms with Crippen molar-refractivity contribution in [3.8, 4) is 0 Å². The Bertz CT molecular complexity index is 610. The lowest BCUT2D eigenvalue weighted by Gasteiger charge is -2.21. The van der Waals surface area contributed by atoms with Gasteiger partial charge in [-0.1, -0.05) is 59.7 Å². The molecule has 0 aromatic heterocycles. The molecule has 0 bridgehead atoms. The summed E-state index contributed by atoms with van der Waals surface area (Å²) in [5.74, 6) is 0. The van der Waals surface area contributed by atoms with Crippen LogP contribution < -0.4 is 10.6 Å². The molecule has 2 rings (SSSR count). The number of carbonyl (C=O) groups is 1. The third kappa shape index (κ3) is 5.11. The first-order valence-electron chi connectivity index (χ1n) is 7.88. The first-order chi connectivity index (χ1) is 11.1. The minimum absolute atomic E-state index is 0.0689. The third-order valence-electron chi connectivity index (χ3n) is 3.65. The first kappa shape index (κ1) is 17.0. The smallest absolute Gasteiger partial charge is 0.315 e. The Balaban J connectivity index is 2.23. The van der Waals surface area contributed by atoms with Gasteiger partial charge in [0.2, 0.25) is 0 Å². The van der Waals surface area contributed by atoms with Crippen LogP contribution in [0, 0.1) is 13.8 Å². The summed E-state index contributed by atoms with van der Waals surface area (Å²) in [6.45, 7) is 4.60. The van der Waals surface area contributed by atoms with Gasteiger partial charge in [0.1, 0.15) is 0 Å². The molecule has 4 heteroatoms. The summed E-state index contributed by atoms with van der Waals surface area (Å²) in [6, 6.07) is 15.9. The Morgan fingerprint density at radius 3 is 2.09 bits per heavy atom. The number of benzene rings is 2. The lowest BCUT2D eigenvalue weighted by atomic mass is 9.96. The highest BCUT2D eigenvalue weighted by molar-refractivity contribution is 5.75. The van der Waals surface area contributed by atoms with Crippen molar-refractivity contribution >= 4 is 6.03 Å². The van der Waals surface area contributed by atoms with Crippen molar-refractivity contribution in [1.29, 1.82) is 0 Å². The minimum Gasteiger partial charge on any atom is -0.396 e. The highest BCUT2D eigenvalue weighted by atomic mass is 16.3. The van der Waals surface area contributed by atoms with E-state index in [1.807, 2.05) is 50.2 Å². The number of aliphatic hydroxyl groups excluding tert-OH is 1. The van der Waals surface area contributed by atoms with E-state index in [2.05, 4.69) is 22.8 Å². The Labute approximate surface area is 137 Å². The molecule has 0 aliphatic carbocycles. The average Bonchev–Trinajstić information content (AvgIpc) is 2.53. The summed E-state index contributed by atoms with van der Waals surface area (Å²) >= 11 is 0. The molecular weight excluding hydrogens is 288 g/mol. The van der Waals surface area contributed by atoms with Crippen molar-refractivity contribution in [2.75, 3.05) is 13.2 Å². The van der Waals surface area contributed by atoms with Crippen LogP contribution in [0.5, 0.6) is 0 Å². The van der Waals surface area contributed by atoms with Crippen LogP contribution in [0.4, 0.5) is 4.79 Å². The van der Waals surface area contributed by atoms with Crippen LogP contribution in [-0.2, 0) is 0 Å². The maximum Gasteiger partial charge on any atom is 0.315 e. The summed E-state index contributed by atoms with van der Waals surface area (Å²) in [5.41, 5.74) is 4.41. The molecule has 0 aliphatic rings. The largest absolute Gasteiger partial charge is 0.396 e. The number of hydrogen-bond donors (Lipinski definition) is 3. The molecule has 2 aromatic carbocycles. The standard InChI is InChI=1S/C19H24N2O2/c1-14-6-3-8-16(12-14)18(17-9-4-7-15(2)13-17)21-19(23)20-10-5-11-22/h3-4,6-9,12-13,18,22H,5,10-11H2,1-2H3,(H2,20,21,23). The van der Waals surface area contributed by atoms with E-state index in [4.69, 9.17) is 5.11 Å². The number of amides is 2. The number of urea groups is 1. The fourth-order valence-corrected chi connectivity index (χ4v) is 2.52. The predicted molar refractivity (Wildman–Crippen MR) is 92.4 cm³/mol. The van der Waals surface area contributed by atoms with Gasteiger partial charge in [-0.05, 0) is 31.4 Å². The predicted octanol–water partition coefficient (Wildman–Crippen LogP) is 3.07. The van der Waals surface area contributed by atoms with Gasteiger partial charge in [0.05, 0.1) is 6.04 Å². The van der Waals surface area contributed by atoms with Gasteiger partial charge in [-0.2, -0.15) is 0 Å². The Hall–Kier alpha value is -2.33. The van der Waals surface area contributed by atoms with Gasteiger partial charge in [0, 0.05) is 13.2 Å². The number of nitrogens with one attached hydrogen (secondary N) is 2. The quantitative estimate of drug-likeness (QED) is 0.718. The van der Waals surface area contributed by atoms with Crippen LogP contribution in [0.2, 0.25) is 0 Å². The highest BCUT2D eigenvalue weighted by Gasteiger charge is 2.17. The van der Waals surface area contributed by atoms with Gasteiger partial charge >= 0.3 is 6.03 Å². The SMILES string of the molecule is Cc1cccc(C(NC(=O)NCCCO)c2cccc(C)c2)c1. The Morgan fingerprint density at radius 1 is 1.04 bits per heavy atom. The summed E-state index contributed by atoms with van der Waals surface area (Å²) < 4.78 is 0. The number of aryl methyl sites for hydroxylation is 2. The highest BCUT2D eigenvalue weighted by Crippen LogP contribution is 2.23. The molecule has 2 aromatic rings. The van der Waals surface area contributed by atoms with Crippen molar-refractivity contribution in [2.24, 2.45) is 0 Å². The van der Waals surface area contributed by atoms with Crippen molar-refractivity contribution < 1.29 is 9.90 Å². The van der Waals surface area contributed by atoms with E-state index in [9.17, 15) is 4.79 Å². The van der Waals surface area contributed by atoms with Crippen molar-refractivity contribution in [3.05, 3.63) is 70.8 Å². The van der Waals surface area contributed by atoms with Crippen molar-refractivity contribution in [2.45, 2.75) is 26.3 Å². The molecule has 0 saturated carbocycles. The van der Waals surface area contributed by atoms with Crippen molar-refractivity contribution in [3.63, 3.8) is 0 Å². The molecule has 122 valence electrons. The zero-order valence-electron chi connectivity index (χ0n) is 13.7. The topological polar surface area (TPSA) is 61.4 Å². The molecule has 0 radical (unpaired) electrons. The van der Waals surface area contributed by atoms with E-state index in [0.717, 1.165) is 22.3 Å². The maximum absolute atomic E-state index is 12.1. The number of aliphatic hydroxyl groups is 1. The van der Waals surface area contributed by atoms with E-state index in [0.29, 0.717) is 13.0 Å². The fourth-order valence-electron chi connectivity index (χ4n) is 2.52. The molecule has 0 unspecified atom stereocenters. The normalized spacial score (nSPS) is 10.6. The van der Waals surface area contributed by atoms with E-state index < -0.39 is 0 Å². The number of hydrogen-bond acceptors (Lipinski definition) is 2. The fraction of sp³-hybridized carbons (Fsp3) is 0.316. The second kappa shape index (κ2) is 8.34. The minimum atomic E-state index is -0.230. The van der Waals surface area contributed by atoms with E-state index in [-0.39, 0.29) is 18.7 Å². The van der Waals surface area contributed by atoms with Crippen LogP contribution in [0.15, 0.2) is 48.5 Å². The van der Waals surface area contributed by atoms with Crippen molar-refractivity contribution in [1.82, 2.24) is 10.6 Å². The first-order valence-corrected chi connectivity index (χ1v) is 7.88. The average molecular weight is 312 g/mol. The van der Waals surface area contributed by atoms with Crippen LogP contribution in [0.3, 0.4) is 0 Å². The van der Waals surface area contributed by atoms with Crippen LogP contribution in [0.1, 0.15) is 34.7 Å². The van der Waals surface area contributed by atoms with Gasteiger partial charge in [0.25, 0.3) is 0 Å². The summed E-state index contributed by atoms with van der Waals surface area (Å²) in [4.78, 5) is 12.1. The van der Waals surface area contributed by atoms with Gasteiger partial charge in [-0.3, -0.25) is 0 Å². The molecule has 0 saturated heterocycles. The van der Waals surface area contributed by atoms with Gasteiger partial charge in [-0.25, -0.2) is 4.79 Å². The van der Waals surface area contributed by atoms with Crippen LogP contribution in [0.25, 0.3) is 0 Å². The molecule has 0 heterocycles. The molecule has 0 spiro atoms. The third-order valence-corrected chi connectivity index (χ3v) is 3.65.